The van der Waals surface area contributed by atoms with E-state index < -0.39 is 38.3 Å². The van der Waals surface area contributed by atoms with Crippen LogP contribution in [-0.4, -0.2) is 60.2 Å². The molecule has 0 heterocycles. The largest absolute Gasteiger partial charge is 0.454 e. The van der Waals surface area contributed by atoms with Crippen molar-refractivity contribution in [1.29, 1.82) is 0 Å². The van der Waals surface area contributed by atoms with Crippen LogP contribution in [0.15, 0.2) is 23.3 Å². The summed E-state index contributed by atoms with van der Waals surface area (Å²) in [4.78, 5) is 26.0. The maximum Gasteiger partial charge on any atom is 0.184 e. The normalized spacial score (nSPS) is 43.1. The Hall–Kier alpha value is -0.946. The molecule has 8 rings (SSSR count). The molecule has 8 aliphatic rings. The summed E-state index contributed by atoms with van der Waals surface area (Å²) < 4.78 is 7.37. The van der Waals surface area contributed by atoms with E-state index >= 15 is 0 Å². The van der Waals surface area contributed by atoms with E-state index in [2.05, 4.69) is 66.0 Å². The van der Waals surface area contributed by atoms with Crippen molar-refractivity contribution in [3.63, 3.8) is 0 Å². The van der Waals surface area contributed by atoms with Gasteiger partial charge < -0.3 is 24.5 Å². The Balaban J connectivity index is 0.967. The number of allylic oxidation sites excluding steroid dienone is 4. The number of fused-ring (bicyclic) bond motifs is 10. The van der Waals surface area contributed by atoms with Crippen LogP contribution in [0.3, 0.4) is 0 Å². The van der Waals surface area contributed by atoms with Crippen molar-refractivity contribution in [2.45, 2.75) is 206 Å². The van der Waals surface area contributed by atoms with Gasteiger partial charge in [0.2, 0.25) is 0 Å². The van der Waals surface area contributed by atoms with E-state index in [1.165, 1.54) is 11.1 Å². The summed E-state index contributed by atoms with van der Waals surface area (Å²) in [7, 11) is -5.95. The monoisotopic (exact) mass is 851 g/mol. The van der Waals surface area contributed by atoms with Gasteiger partial charge in [-0.2, -0.15) is 0 Å². The molecule has 0 radical (unpaired) electrons. The third-order valence-corrected chi connectivity index (χ3v) is 33.0. The molecule has 0 bridgehead atoms. The Morgan fingerprint density at radius 3 is 1.22 bits per heavy atom. The summed E-state index contributed by atoms with van der Waals surface area (Å²) in [5.41, 5.74) is 2.51. The first-order valence-electron chi connectivity index (χ1n) is 24.1. The van der Waals surface area contributed by atoms with Gasteiger partial charge in [-0.15, -0.1) is 0 Å². The molecule has 0 aromatic carbocycles. The summed E-state index contributed by atoms with van der Waals surface area (Å²) in [5.74, 6) is -0.577. The Morgan fingerprint density at radius 1 is 0.542 bits per heavy atom. The average Bonchev–Trinajstić information content (AvgIpc) is 3.63. The van der Waals surface area contributed by atoms with Crippen LogP contribution < -0.4 is 0 Å². The van der Waals surface area contributed by atoms with E-state index in [-0.39, 0.29) is 33.5 Å². The van der Waals surface area contributed by atoms with Crippen molar-refractivity contribution in [2.75, 3.05) is 0 Å². The fraction of sp³-hybridized carbons (Fsp3) is 0.880. The smallest absolute Gasteiger partial charge is 0.184 e. The molecule has 0 saturated heterocycles. The number of carbonyl (C=O) groups is 2. The van der Waals surface area contributed by atoms with Crippen LogP contribution in [0, 0.1) is 69.0 Å². The van der Waals surface area contributed by atoms with Gasteiger partial charge in [-0.1, -0.05) is 78.7 Å². The highest BCUT2D eigenvalue weighted by Crippen LogP contribution is 2.68. The minimum absolute atomic E-state index is 0.0285. The van der Waals surface area contributed by atoms with Crippen molar-refractivity contribution < 1.29 is 34.1 Å². The van der Waals surface area contributed by atoms with Crippen LogP contribution >= 0.6 is 0 Å². The molecular formula is C50H82O7Si2. The topological polar surface area (TPSA) is 124 Å². The molecule has 0 amide bonds. The molecule has 9 heteroatoms. The number of rotatable bonds is 8. The maximum atomic E-state index is 13.0. The maximum absolute atomic E-state index is 13.0. The minimum atomic E-state index is -2.97. The summed E-state index contributed by atoms with van der Waals surface area (Å²) in [6.07, 6.45) is 19.1. The van der Waals surface area contributed by atoms with E-state index in [1.54, 1.807) is 0 Å². The standard InChI is InChI=1S/C50H82O7Si2/c1-43(2,49(53,54)33-21-25-45(5)31(29-33)13-15-35-37-17-19-41(51)47(37,7)27-23-39(35)45)58(9,10)57-59(11,12)44(3,4)50(55,56)34-22-26-46(6)32(30-34)14-16-36-38-18-20-42(52)48(38,8)28-24-40(36)46/h13-14,33-40,53-56H,15-30H2,1-12H3/t33?,34?,35?,36?,37?,38?,39?,40?,45-,46-,47-,48-/m0/s1. The second kappa shape index (κ2) is 13.8. The Labute approximate surface area is 359 Å². The molecular weight excluding hydrogens is 769 g/mol. The number of carbonyl (C=O) groups excluding carboxylic acids is 2. The highest BCUT2D eigenvalue weighted by molar-refractivity contribution is 6.87. The van der Waals surface area contributed by atoms with Gasteiger partial charge in [0.05, 0.1) is 0 Å². The molecule has 0 spiro atoms. The van der Waals surface area contributed by atoms with Gasteiger partial charge in [0.15, 0.2) is 28.2 Å². The van der Waals surface area contributed by atoms with Gasteiger partial charge in [-0.25, -0.2) is 0 Å². The Kier molecular flexibility index (Phi) is 10.4. The molecule has 332 valence electrons. The van der Waals surface area contributed by atoms with Crippen LogP contribution in [-0.2, 0) is 13.7 Å². The van der Waals surface area contributed by atoms with Gasteiger partial charge in [-0.3, -0.25) is 9.59 Å². The average molecular weight is 851 g/mol. The second-order valence-corrected chi connectivity index (χ2v) is 34.4. The van der Waals surface area contributed by atoms with E-state index in [1.807, 2.05) is 27.7 Å². The fourth-order valence-electron chi connectivity index (χ4n) is 16.4. The Morgan fingerprint density at radius 2 is 0.864 bits per heavy atom. The van der Waals surface area contributed by atoms with Gasteiger partial charge in [-0.05, 0) is 162 Å². The number of hydrogen-bond donors (Lipinski definition) is 4. The third-order valence-electron chi connectivity index (χ3n) is 22.1. The molecule has 6 saturated carbocycles. The molecule has 0 aromatic heterocycles. The lowest BCUT2D eigenvalue weighted by molar-refractivity contribution is -0.235. The lowest BCUT2D eigenvalue weighted by Crippen LogP contribution is -2.67. The summed E-state index contributed by atoms with van der Waals surface area (Å²) in [6.45, 7) is 25.7. The zero-order valence-corrected chi connectivity index (χ0v) is 41.1. The molecule has 7 nitrogen and oxygen atoms in total. The van der Waals surface area contributed by atoms with Crippen molar-refractivity contribution in [3.8, 4) is 0 Å². The first kappa shape index (κ1) is 44.7. The van der Waals surface area contributed by atoms with E-state index in [0.29, 0.717) is 59.9 Å². The predicted molar refractivity (Wildman–Crippen MR) is 239 cm³/mol. The van der Waals surface area contributed by atoms with Crippen molar-refractivity contribution in [3.05, 3.63) is 23.3 Å². The highest BCUT2D eigenvalue weighted by Gasteiger charge is 2.67. The molecule has 59 heavy (non-hydrogen) atoms. The summed E-state index contributed by atoms with van der Waals surface area (Å²) in [6, 6.07) is 0. The molecule has 0 aliphatic heterocycles. The lowest BCUT2D eigenvalue weighted by atomic mass is 9.47. The first-order chi connectivity index (χ1) is 27.0. The zero-order valence-electron chi connectivity index (χ0n) is 39.1. The molecule has 6 fully saturated rings. The first-order valence-corrected chi connectivity index (χ1v) is 29.9. The van der Waals surface area contributed by atoms with Gasteiger partial charge in [0.25, 0.3) is 0 Å². The minimum Gasteiger partial charge on any atom is -0.454 e. The van der Waals surface area contributed by atoms with Gasteiger partial charge in [0.1, 0.15) is 11.6 Å². The van der Waals surface area contributed by atoms with Crippen LogP contribution in [0.2, 0.25) is 36.3 Å². The second-order valence-electron chi connectivity index (χ2n) is 25.1. The lowest BCUT2D eigenvalue weighted by Gasteiger charge is -2.60. The highest BCUT2D eigenvalue weighted by atomic mass is 28.4. The quantitative estimate of drug-likeness (QED) is 0.109. The number of Topliss-reactive ketones (excluding diaryl/α,β-unsaturated/α-hetero) is 2. The summed E-state index contributed by atoms with van der Waals surface area (Å²) in [5, 5.41) is 48.0. The van der Waals surface area contributed by atoms with Crippen LogP contribution in [0.4, 0.5) is 0 Å². The van der Waals surface area contributed by atoms with E-state index in [0.717, 1.165) is 89.9 Å². The molecule has 8 unspecified atom stereocenters. The predicted octanol–water partition coefficient (Wildman–Crippen LogP) is 10.6. The SMILES string of the molecule is CC(C)(C(O)(O)C1CC[C@@]2(C)C(=CCC3C2CC[C@]2(C)C(=O)CCC32)C1)[Si](C)(C)O[Si](C)(C)C(C)(C)C(O)(O)C1CC[C@@]2(C)C(=CCC3C2CC[C@]2(C)C(=O)CCC32)C1. The fourth-order valence-corrected chi connectivity index (χ4v) is 25.7. The number of hydrogen-bond acceptors (Lipinski definition) is 7. The van der Waals surface area contributed by atoms with Crippen molar-refractivity contribution in [1.82, 2.24) is 0 Å². The molecule has 8 aliphatic carbocycles. The van der Waals surface area contributed by atoms with E-state index in [9.17, 15) is 30.0 Å². The van der Waals surface area contributed by atoms with Crippen LogP contribution in [0.5, 0.6) is 0 Å². The van der Waals surface area contributed by atoms with Gasteiger partial charge >= 0.3 is 0 Å². The van der Waals surface area contributed by atoms with Crippen LogP contribution in [0.1, 0.15) is 158 Å². The molecule has 12 atom stereocenters. The number of aliphatic hydroxyl groups is 4. The molecule has 4 N–H and O–H groups in total. The number of ketones is 2. The van der Waals surface area contributed by atoms with Gasteiger partial charge in [0, 0.05) is 45.6 Å². The third kappa shape index (κ3) is 6.05. The zero-order chi connectivity index (χ0) is 43.4. The van der Waals surface area contributed by atoms with E-state index in [4.69, 9.17) is 4.12 Å². The molecule has 0 aromatic rings. The summed E-state index contributed by atoms with van der Waals surface area (Å²) >= 11 is 0. The van der Waals surface area contributed by atoms with Crippen molar-refractivity contribution in [2.24, 2.45) is 69.0 Å². The Bertz CT molecular complexity index is 1680. The van der Waals surface area contributed by atoms with Crippen molar-refractivity contribution >= 4 is 28.2 Å². The van der Waals surface area contributed by atoms with Crippen LogP contribution in [0.25, 0.3) is 0 Å².